The van der Waals surface area contributed by atoms with Crippen molar-refractivity contribution in [3.63, 3.8) is 0 Å². The standard InChI is InChI=1S/C12H16BrNO/c13-8-11-4-2-6-14(11)9-10-3-1-5-12(15)7-10/h1,3,5,7,11,15H,2,4,6,8-9H2. The monoisotopic (exact) mass is 269 g/mol. The van der Waals surface area contributed by atoms with Crippen molar-refractivity contribution in [1.82, 2.24) is 4.90 Å². The smallest absolute Gasteiger partial charge is 0.115 e. The zero-order chi connectivity index (χ0) is 10.7. The van der Waals surface area contributed by atoms with Gasteiger partial charge in [0, 0.05) is 17.9 Å². The first-order valence-electron chi connectivity index (χ1n) is 5.37. The summed E-state index contributed by atoms with van der Waals surface area (Å²) in [7, 11) is 0. The lowest BCUT2D eigenvalue weighted by molar-refractivity contribution is 0.264. The summed E-state index contributed by atoms with van der Waals surface area (Å²) in [5, 5.41) is 10.4. The van der Waals surface area contributed by atoms with Crippen LogP contribution in [0.15, 0.2) is 24.3 Å². The highest BCUT2D eigenvalue weighted by Crippen LogP contribution is 2.22. The van der Waals surface area contributed by atoms with Crippen LogP contribution >= 0.6 is 15.9 Å². The number of nitrogens with zero attached hydrogens (tertiary/aromatic N) is 1. The van der Waals surface area contributed by atoms with Gasteiger partial charge in [-0.2, -0.15) is 0 Å². The summed E-state index contributed by atoms with van der Waals surface area (Å²) < 4.78 is 0. The van der Waals surface area contributed by atoms with E-state index in [0.29, 0.717) is 11.8 Å². The quantitative estimate of drug-likeness (QED) is 0.854. The molecule has 0 aliphatic carbocycles. The normalized spacial score (nSPS) is 22.1. The van der Waals surface area contributed by atoms with Crippen molar-refractivity contribution in [2.45, 2.75) is 25.4 Å². The third-order valence-corrected chi connectivity index (χ3v) is 3.72. The summed E-state index contributed by atoms with van der Waals surface area (Å²) in [5.74, 6) is 0.363. The molecule has 2 nitrogen and oxygen atoms in total. The number of benzene rings is 1. The van der Waals surface area contributed by atoms with Crippen LogP contribution in [-0.4, -0.2) is 27.9 Å². The molecule has 1 aromatic rings. The molecule has 0 bridgehead atoms. The van der Waals surface area contributed by atoms with Gasteiger partial charge in [-0.25, -0.2) is 0 Å². The van der Waals surface area contributed by atoms with E-state index in [1.807, 2.05) is 12.1 Å². The minimum absolute atomic E-state index is 0.363. The number of aromatic hydroxyl groups is 1. The molecule has 0 saturated carbocycles. The third-order valence-electron chi connectivity index (χ3n) is 2.97. The summed E-state index contributed by atoms with van der Waals surface area (Å²) in [6.07, 6.45) is 2.57. The molecule has 1 atom stereocenters. The van der Waals surface area contributed by atoms with E-state index in [9.17, 15) is 5.11 Å². The Morgan fingerprint density at radius 1 is 1.47 bits per heavy atom. The van der Waals surface area contributed by atoms with Gasteiger partial charge in [-0.3, -0.25) is 4.90 Å². The van der Waals surface area contributed by atoms with Crippen molar-refractivity contribution in [3.8, 4) is 5.75 Å². The van der Waals surface area contributed by atoms with E-state index in [2.05, 4.69) is 26.9 Å². The van der Waals surface area contributed by atoms with Crippen LogP contribution in [0.25, 0.3) is 0 Å². The summed E-state index contributed by atoms with van der Waals surface area (Å²) in [6, 6.07) is 8.21. The largest absolute Gasteiger partial charge is 0.508 e. The van der Waals surface area contributed by atoms with Gasteiger partial charge in [-0.1, -0.05) is 28.1 Å². The molecule has 0 aromatic heterocycles. The minimum Gasteiger partial charge on any atom is -0.508 e. The minimum atomic E-state index is 0.363. The van der Waals surface area contributed by atoms with Crippen molar-refractivity contribution >= 4 is 15.9 Å². The fourth-order valence-electron chi connectivity index (χ4n) is 2.17. The van der Waals surface area contributed by atoms with Crippen LogP contribution in [0.5, 0.6) is 5.75 Å². The Bertz CT molecular complexity index is 329. The second-order valence-corrected chi connectivity index (χ2v) is 4.74. The summed E-state index contributed by atoms with van der Waals surface area (Å²) in [6.45, 7) is 2.12. The van der Waals surface area contributed by atoms with E-state index in [1.54, 1.807) is 6.07 Å². The molecule has 0 amide bonds. The summed E-state index contributed by atoms with van der Waals surface area (Å²) in [5.41, 5.74) is 1.20. The van der Waals surface area contributed by atoms with Gasteiger partial charge in [0.25, 0.3) is 0 Å². The maximum absolute atomic E-state index is 9.38. The molecule has 1 N–H and O–H groups in total. The van der Waals surface area contributed by atoms with Crippen LogP contribution in [-0.2, 0) is 6.54 Å². The second kappa shape index (κ2) is 4.99. The fraction of sp³-hybridized carbons (Fsp3) is 0.500. The Kier molecular flexibility index (Phi) is 3.65. The van der Waals surface area contributed by atoms with E-state index >= 15 is 0 Å². The molecule has 1 fully saturated rings. The molecule has 1 saturated heterocycles. The number of hydrogen-bond donors (Lipinski definition) is 1. The first-order chi connectivity index (χ1) is 7.29. The van der Waals surface area contributed by atoms with Gasteiger partial charge in [0.05, 0.1) is 0 Å². The lowest BCUT2D eigenvalue weighted by Gasteiger charge is -2.22. The SMILES string of the molecule is Oc1cccc(CN2CCCC2CBr)c1. The molecule has 1 unspecified atom stereocenters. The molecular weight excluding hydrogens is 254 g/mol. The maximum atomic E-state index is 9.38. The van der Waals surface area contributed by atoms with E-state index in [0.717, 1.165) is 11.9 Å². The number of rotatable bonds is 3. The molecule has 1 aliphatic heterocycles. The molecule has 3 heteroatoms. The Morgan fingerprint density at radius 2 is 2.33 bits per heavy atom. The highest BCUT2D eigenvalue weighted by molar-refractivity contribution is 9.09. The van der Waals surface area contributed by atoms with Crippen LogP contribution < -0.4 is 0 Å². The molecule has 0 radical (unpaired) electrons. The van der Waals surface area contributed by atoms with Crippen molar-refractivity contribution in [2.75, 3.05) is 11.9 Å². The van der Waals surface area contributed by atoms with E-state index in [4.69, 9.17) is 0 Å². The van der Waals surface area contributed by atoms with Crippen molar-refractivity contribution in [3.05, 3.63) is 29.8 Å². The second-order valence-electron chi connectivity index (χ2n) is 4.09. The molecule has 15 heavy (non-hydrogen) atoms. The predicted octanol–water partition coefficient (Wildman–Crippen LogP) is 2.75. The zero-order valence-electron chi connectivity index (χ0n) is 8.69. The molecule has 0 spiro atoms. The van der Waals surface area contributed by atoms with Gasteiger partial charge in [-0.15, -0.1) is 0 Å². The van der Waals surface area contributed by atoms with Crippen molar-refractivity contribution in [1.29, 1.82) is 0 Å². The Morgan fingerprint density at radius 3 is 3.07 bits per heavy atom. The van der Waals surface area contributed by atoms with E-state index in [-0.39, 0.29) is 0 Å². The van der Waals surface area contributed by atoms with Gasteiger partial charge < -0.3 is 5.11 Å². The molecule has 1 aliphatic rings. The van der Waals surface area contributed by atoms with Crippen LogP contribution in [0, 0.1) is 0 Å². The van der Waals surface area contributed by atoms with Crippen molar-refractivity contribution in [2.24, 2.45) is 0 Å². The van der Waals surface area contributed by atoms with Gasteiger partial charge >= 0.3 is 0 Å². The summed E-state index contributed by atoms with van der Waals surface area (Å²) in [4.78, 5) is 2.48. The number of likely N-dealkylation sites (tertiary alicyclic amines) is 1. The molecule has 2 rings (SSSR count). The van der Waals surface area contributed by atoms with E-state index < -0.39 is 0 Å². The number of phenolic OH excluding ortho intramolecular Hbond substituents is 1. The van der Waals surface area contributed by atoms with Gasteiger partial charge in [0.15, 0.2) is 0 Å². The predicted molar refractivity (Wildman–Crippen MR) is 65.3 cm³/mol. The highest BCUT2D eigenvalue weighted by Gasteiger charge is 2.23. The first-order valence-corrected chi connectivity index (χ1v) is 6.49. The Hall–Kier alpha value is -0.540. The topological polar surface area (TPSA) is 23.5 Å². The number of hydrogen-bond acceptors (Lipinski definition) is 2. The van der Waals surface area contributed by atoms with Crippen LogP contribution in [0.1, 0.15) is 18.4 Å². The zero-order valence-corrected chi connectivity index (χ0v) is 10.3. The first kappa shape index (κ1) is 11.0. The maximum Gasteiger partial charge on any atom is 0.115 e. The molecular formula is C12H16BrNO. The molecule has 1 heterocycles. The van der Waals surface area contributed by atoms with Crippen LogP contribution in [0.2, 0.25) is 0 Å². The average Bonchev–Trinajstić information content (AvgIpc) is 2.65. The van der Waals surface area contributed by atoms with Gasteiger partial charge in [-0.05, 0) is 37.1 Å². The van der Waals surface area contributed by atoms with Crippen molar-refractivity contribution < 1.29 is 5.11 Å². The van der Waals surface area contributed by atoms with E-state index in [1.165, 1.54) is 24.9 Å². The fourth-order valence-corrected chi connectivity index (χ4v) is 2.90. The van der Waals surface area contributed by atoms with Crippen LogP contribution in [0.4, 0.5) is 0 Å². The number of alkyl halides is 1. The lowest BCUT2D eigenvalue weighted by atomic mass is 10.2. The summed E-state index contributed by atoms with van der Waals surface area (Å²) >= 11 is 3.55. The van der Waals surface area contributed by atoms with Gasteiger partial charge in [0.2, 0.25) is 0 Å². The number of halogens is 1. The number of phenols is 1. The third kappa shape index (κ3) is 2.73. The van der Waals surface area contributed by atoms with Gasteiger partial charge in [0.1, 0.15) is 5.75 Å². The molecule has 1 aromatic carbocycles. The van der Waals surface area contributed by atoms with Crippen LogP contribution in [0.3, 0.4) is 0 Å². The molecule has 82 valence electrons. The Balaban J connectivity index is 2.02. The Labute approximate surface area is 99.0 Å². The highest BCUT2D eigenvalue weighted by atomic mass is 79.9. The average molecular weight is 270 g/mol. The lowest BCUT2D eigenvalue weighted by Crippen LogP contribution is -2.29.